The maximum absolute atomic E-state index is 11.9. The van der Waals surface area contributed by atoms with Crippen molar-refractivity contribution >= 4 is 61.1 Å². The molecule has 0 bridgehead atoms. The number of aryl methyl sites for hydroxylation is 1. The number of hydrogen-bond donors (Lipinski definition) is 4. The standard InChI is InChI=1S/C21H24N6O9S3/c1-4-27(5-2)21-22-13(3)19(20(24-21)23-14-6-9-16(10-7-14)38(29,30)31)26-25-17-12-15(37-36-35-28)8-11-18(17)39(32,33)34/h6-12,28H,4-5H2,1-3H3,(H,22,23,24)(H,29,30,31)(H,32,33,34)/b26-25+. The van der Waals surface area contributed by atoms with Crippen molar-refractivity contribution in [3.63, 3.8) is 0 Å². The molecule has 0 saturated heterocycles. The molecule has 0 aliphatic carbocycles. The Bertz CT molecular complexity index is 1560. The molecule has 2 aromatic carbocycles. The van der Waals surface area contributed by atoms with Crippen molar-refractivity contribution in [3.8, 4) is 0 Å². The van der Waals surface area contributed by atoms with Crippen molar-refractivity contribution < 1.29 is 40.6 Å². The second-order valence-electron chi connectivity index (χ2n) is 7.63. The summed E-state index contributed by atoms with van der Waals surface area (Å²) in [5.74, 6) is 0.524. The van der Waals surface area contributed by atoms with E-state index in [4.69, 9.17) is 5.26 Å². The first-order chi connectivity index (χ1) is 18.4. The van der Waals surface area contributed by atoms with Gasteiger partial charge in [0.25, 0.3) is 20.2 Å². The number of nitrogens with one attached hydrogen (secondary N) is 1. The van der Waals surface area contributed by atoms with Gasteiger partial charge in [0.15, 0.2) is 5.82 Å². The molecular weight excluding hydrogens is 576 g/mol. The minimum absolute atomic E-state index is 0.110. The Balaban J connectivity index is 2.12. The first-order valence-electron chi connectivity index (χ1n) is 11.0. The maximum atomic E-state index is 11.9. The molecule has 1 heterocycles. The molecule has 0 radical (unpaired) electrons. The molecular formula is C21H24N6O9S3. The van der Waals surface area contributed by atoms with Crippen LogP contribution < -0.4 is 10.2 Å². The average Bonchev–Trinajstić information content (AvgIpc) is 2.87. The minimum Gasteiger partial charge on any atom is -0.341 e. The van der Waals surface area contributed by atoms with Crippen LogP contribution >= 0.6 is 12.0 Å². The van der Waals surface area contributed by atoms with Crippen LogP contribution in [0.2, 0.25) is 0 Å². The van der Waals surface area contributed by atoms with Gasteiger partial charge in [0.1, 0.15) is 16.3 Å². The van der Waals surface area contributed by atoms with E-state index < -0.39 is 25.1 Å². The number of hydrogen-bond acceptors (Lipinski definition) is 14. The van der Waals surface area contributed by atoms with Crippen molar-refractivity contribution in [2.45, 2.75) is 35.5 Å². The summed E-state index contributed by atoms with van der Waals surface area (Å²) in [4.78, 5) is 10.3. The van der Waals surface area contributed by atoms with E-state index in [1.807, 2.05) is 18.7 Å². The molecule has 3 aromatic rings. The molecule has 0 aliphatic rings. The Morgan fingerprint density at radius 1 is 0.974 bits per heavy atom. The molecule has 0 unspecified atom stereocenters. The summed E-state index contributed by atoms with van der Waals surface area (Å²) in [6.07, 6.45) is 0. The van der Waals surface area contributed by atoms with E-state index in [2.05, 4.69) is 34.9 Å². The summed E-state index contributed by atoms with van der Waals surface area (Å²) in [5, 5.41) is 23.1. The SMILES string of the molecule is CCN(CC)c1nc(C)c(/N=N/c2cc(SOOO)ccc2S(=O)(=O)O)c(Nc2ccc(S(=O)(=O)O)cc2)n1. The van der Waals surface area contributed by atoms with Crippen molar-refractivity contribution in [1.29, 1.82) is 0 Å². The van der Waals surface area contributed by atoms with Crippen LogP contribution in [0.3, 0.4) is 0 Å². The third-order valence-corrected chi connectivity index (χ3v) is 7.48. The number of nitrogens with zero attached hydrogens (tertiary/aromatic N) is 5. The van der Waals surface area contributed by atoms with E-state index >= 15 is 0 Å². The highest BCUT2D eigenvalue weighted by atomic mass is 32.2. The minimum atomic E-state index is -4.69. The number of azo groups is 1. The van der Waals surface area contributed by atoms with Gasteiger partial charge in [-0.05, 0) is 63.2 Å². The molecule has 0 aliphatic heterocycles. The van der Waals surface area contributed by atoms with E-state index in [0.717, 1.165) is 6.07 Å². The van der Waals surface area contributed by atoms with Gasteiger partial charge < -0.3 is 10.2 Å². The normalized spacial score (nSPS) is 12.2. The Kier molecular flexibility index (Phi) is 9.91. The number of aromatic nitrogens is 2. The predicted octanol–water partition coefficient (Wildman–Crippen LogP) is 4.71. The van der Waals surface area contributed by atoms with E-state index in [1.165, 1.54) is 36.4 Å². The van der Waals surface area contributed by atoms with E-state index in [0.29, 0.717) is 42.5 Å². The molecule has 18 heteroatoms. The number of benzene rings is 2. The number of anilines is 3. The van der Waals surface area contributed by atoms with Crippen LogP contribution in [0.4, 0.5) is 28.8 Å². The van der Waals surface area contributed by atoms with E-state index in [1.54, 1.807) is 6.92 Å². The van der Waals surface area contributed by atoms with Gasteiger partial charge in [0, 0.05) is 23.7 Å². The molecule has 3 rings (SSSR count). The summed E-state index contributed by atoms with van der Waals surface area (Å²) in [6.45, 7) is 6.68. The van der Waals surface area contributed by atoms with Crippen LogP contribution in [0.15, 0.2) is 67.4 Å². The lowest BCUT2D eigenvalue weighted by atomic mass is 10.3. The van der Waals surface area contributed by atoms with Crippen molar-refractivity contribution in [2.24, 2.45) is 10.2 Å². The fourth-order valence-electron chi connectivity index (χ4n) is 3.26. The van der Waals surface area contributed by atoms with E-state index in [-0.39, 0.29) is 27.0 Å². The third kappa shape index (κ3) is 7.90. The van der Waals surface area contributed by atoms with Gasteiger partial charge in [-0.25, -0.2) is 10.2 Å². The molecule has 39 heavy (non-hydrogen) atoms. The molecule has 0 atom stereocenters. The van der Waals surface area contributed by atoms with Crippen LogP contribution in [0, 0.1) is 6.92 Å². The second kappa shape index (κ2) is 12.7. The van der Waals surface area contributed by atoms with Crippen molar-refractivity contribution in [2.75, 3.05) is 23.3 Å². The third-order valence-electron chi connectivity index (χ3n) is 5.13. The first kappa shape index (κ1) is 30.3. The summed E-state index contributed by atoms with van der Waals surface area (Å²) < 4.78 is 69.8. The molecule has 4 N–H and O–H groups in total. The Labute approximate surface area is 228 Å². The molecule has 0 saturated carbocycles. The highest BCUT2D eigenvalue weighted by Gasteiger charge is 2.19. The number of rotatable bonds is 12. The smallest absolute Gasteiger partial charge is 0.296 e. The zero-order valence-electron chi connectivity index (χ0n) is 20.7. The van der Waals surface area contributed by atoms with Gasteiger partial charge in [-0.1, -0.05) is 5.04 Å². The monoisotopic (exact) mass is 600 g/mol. The van der Waals surface area contributed by atoms with Crippen LogP contribution in [-0.4, -0.2) is 54.3 Å². The largest absolute Gasteiger partial charge is 0.341 e. The Morgan fingerprint density at radius 2 is 1.64 bits per heavy atom. The van der Waals surface area contributed by atoms with Gasteiger partial charge >= 0.3 is 0 Å². The second-order valence-corrected chi connectivity index (χ2v) is 11.2. The van der Waals surface area contributed by atoms with Gasteiger partial charge in [-0.3, -0.25) is 9.11 Å². The van der Waals surface area contributed by atoms with Gasteiger partial charge in [0.05, 0.1) is 22.6 Å². The fourth-order valence-corrected chi connectivity index (χ4v) is 4.73. The lowest BCUT2D eigenvalue weighted by molar-refractivity contribution is -0.432. The Morgan fingerprint density at radius 3 is 2.21 bits per heavy atom. The highest BCUT2D eigenvalue weighted by molar-refractivity contribution is 7.94. The van der Waals surface area contributed by atoms with Crippen LogP contribution in [0.1, 0.15) is 19.5 Å². The average molecular weight is 601 g/mol. The van der Waals surface area contributed by atoms with Crippen molar-refractivity contribution in [3.05, 3.63) is 48.2 Å². The molecule has 0 fully saturated rings. The molecule has 0 amide bonds. The fraction of sp³-hybridized carbons (Fsp3) is 0.238. The summed E-state index contributed by atoms with van der Waals surface area (Å²) in [6, 6.07) is 8.75. The summed E-state index contributed by atoms with van der Waals surface area (Å²) in [5.41, 5.74) is 0.600. The predicted molar refractivity (Wildman–Crippen MR) is 141 cm³/mol. The summed E-state index contributed by atoms with van der Waals surface area (Å²) >= 11 is 0.543. The zero-order chi connectivity index (χ0) is 28.8. The summed E-state index contributed by atoms with van der Waals surface area (Å²) in [7, 11) is -9.08. The highest BCUT2D eigenvalue weighted by Crippen LogP contribution is 2.35. The van der Waals surface area contributed by atoms with Crippen LogP contribution in [-0.2, 0) is 29.6 Å². The topological polar surface area (TPSA) is 213 Å². The molecule has 0 spiro atoms. The van der Waals surface area contributed by atoms with Gasteiger partial charge in [0.2, 0.25) is 5.95 Å². The van der Waals surface area contributed by atoms with Crippen LogP contribution in [0.5, 0.6) is 0 Å². The molecule has 1 aromatic heterocycles. The van der Waals surface area contributed by atoms with Gasteiger partial charge in [-0.2, -0.15) is 21.8 Å². The van der Waals surface area contributed by atoms with Gasteiger partial charge in [-0.15, -0.1) is 14.6 Å². The quantitative estimate of drug-likeness (QED) is 0.0728. The Hall–Kier alpha value is -3.23. The zero-order valence-corrected chi connectivity index (χ0v) is 23.2. The van der Waals surface area contributed by atoms with E-state index in [9.17, 15) is 25.9 Å². The lowest BCUT2D eigenvalue weighted by Gasteiger charge is -2.20. The molecule has 15 nitrogen and oxygen atoms in total. The van der Waals surface area contributed by atoms with Crippen molar-refractivity contribution in [1.82, 2.24) is 9.97 Å². The first-order valence-corrected chi connectivity index (χ1v) is 14.7. The lowest BCUT2D eigenvalue weighted by Crippen LogP contribution is -2.24. The molecule has 210 valence electrons. The van der Waals surface area contributed by atoms with Crippen LogP contribution in [0.25, 0.3) is 0 Å². The maximum Gasteiger partial charge on any atom is 0.296 e.